The van der Waals surface area contributed by atoms with E-state index in [2.05, 4.69) is 5.32 Å². The summed E-state index contributed by atoms with van der Waals surface area (Å²) in [6.07, 6.45) is 1.87. The van der Waals surface area contributed by atoms with E-state index < -0.39 is 17.5 Å². The Kier molecular flexibility index (Phi) is 4.34. The maximum Gasteiger partial charge on any atom is 0.182 e. The van der Waals surface area contributed by atoms with Gasteiger partial charge in [0, 0.05) is 37.3 Å². The molecule has 1 aliphatic rings. The molecule has 0 saturated carbocycles. The molecular formula is C14H19F3N2. The lowest BCUT2D eigenvalue weighted by Gasteiger charge is -2.36. The normalized spacial score (nSPS) is 20.1. The molecule has 1 saturated heterocycles. The summed E-state index contributed by atoms with van der Waals surface area (Å²) in [7, 11) is 0. The average Bonchev–Trinajstić information content (AvgIpc) is 2.33. The molecule has 2 nitrogen and oxygen atoms in total. The number of nitrogens with one attached hydrogen (secondary N) is 1. The molecule has 1 aromatic carbocycles. The van der Waals surface area contributed by atoms with Gasteiger partial charge in [-0.25, -0.2) is 13.2 Å². The van der Waals surface area contributed by atoms with Crippen molar-refractivity contribution in [3.8, 4) is 0 Å². The number of anilines is 1. The minimum Gasteiger partial charge on any atom is -0.367 e. The van der Waals surface area contributed by atoms with E-state index in [4.69, 9.17) is 0 Å². The predicted octanol–water partition coefficient (Wildman–Crippen LogP) is 3.07. The van der Waals surface area contributed by atoms with Crippen LogP contribution in [0.3, 0.4) is 0 Å². The number of rotatable bonds is 3. The second-order valence-corrected chi connectivity index (χ2v) is 5.33. The highest BCUT2D eigenvalue weighted by molar-refractivity contribution is 5.49. The first-order chi connectivity index (χ1) is 8.97. The number of benzene rings is 1. The zero-order valence-electron chi connectivity index (χ0n) is 11.2. The van der Waals surface area contributed by atoms with Crippen molar-refractivity contribution in [2.75, 3.05) is 18.0 Å². The van der Waals surface area contributed by atoms with Crippen LogP contribution in [0.4, 0.5) is 18.9 Å². The van der Waals surface area contributed by atoms with Crippen molar-refractivity contribution >= 4 is 5.69 Å². The fourth-order valence-electron chi connectivity index (χ4n) is 2.58. The van der Waals surface area contributed by atoms with Gasteiger partial charge in [0.05, 0.1) is 5.69 Å². The summed E-state index contributed by atoms with van der Waals surface area (Å²) in [5, 5.41) is 3.38. The lowest BCUT2D eigenvalue weighted by atomic mass is 10.0. The monoisotopic (exact) mass is 272 g/mol. The van der Waals surface area contributed by atoms with Crippen LogP contribution in [0.25, 0.3) is 0 Å². The van der Waals surface area contributed by atoms with E-state index in [-0.39, 0.29) is 11.7 Å². The largest absolute Gasteiger partial charge is 0.367 e. The Hall–Kier alpha value is -1.23. The summed E-state index contributed by atoms with van der Waals surface area (Å²) in [4.78, 5) is 1.71. The summed E-state index contributed by atoms with van der Waals surface area (Å²) in [6, 6.07) is 2.20. The number of hydrogen-bond donors (Lipinski definition) is 1. The first-order valence-electron chi connectivity index (χ1n) is 6.63. The molecule has 0 radical (unpaired) electrons. The maximum absolute atomic E-state index is 13.8. The molecule has 1 aromatic rings. The van der Waals surface area contributed by atoms with Gasteiger partial charge in [0.25, 0.3) is 0 Å². The average molecular weight is 272 g/mol. The Bertz CT molecular complexity index is 449. The Labute approximate surface area is 111 Å². The number of nitrogens with zero attached hydrogens (tertiary/aromatic N) is 1. The summed E-state index contributed by atoms with van der Waals surface area (Å²) in [5.74, 6) is -2.84. The van der Waals surface area contributed by atoms with Crippen molar-refractivity contribution in [3.05, 3.63) is 29.6 Å². The first-order valence-corrected chi connectivity index (χ1v) is 6.63. The molecule has 0 amide bonds. The zero-order chi connectivity index (χ0) is 14.0. The standard InChI is InChI=1S/C14H19F3N2/c1-9(2)18-11-4-3-5-19(8-11)13-7-10(15)6-12(16)14(13)17/h6-7,9,11,18H,3-5,8H2,1-2H3. The smallest absolute Gasteiger partial charge is 0.182 e. The van der Waals surface area contributed by atoms with Crippen LogP contribution in [0, 0.1) is 17.5 Å². The van der Waals surface area contributed by atoms with Crippen molar-refractivity contribution < 1.29 is 13.2 Å². The third kappa shape index (κ3) is 3.41. The lowest BCUT2D eigenvalue weighted by molar-refractivity contribution is 0.390. The summed E-state index contributed by atoms with van der Waals surface area (Å²) >= 11 is 0. The van der Waals surface area contributed by atoms with E-state index in [1.165, 1.54) is 0 Å². The van der Waals surface area contributed by atoms with Crippen molar-refractivity contribution in [1.82, 2.24) is 5.32 Å². The van der Waals surface area contributed by atoms with E-state index >= 15 is 0 Å². The van der Waals surface area contributed by atoms with Crippen LogP contribution in [-0.2, 0) is 0 Å². The van der Waals surface area contributed by atoms with Crippen molar-refractivity contribution in [1.29, 1.82) is 0 Å². The molecule has 1 atom stereocenters. The van der Waals surface area contributed by atoms with Gasteiger partial charge in [-0.3, -0.25) is 0 Å². The minimum atomic E-state index is -1.13. The Morgan fingerprint density at radius 2 is 2.00 bits per heavy atom. The number of halogens is 3. The van der Waals surface area contributed by atoms with Gasteiger partial charge in [-0.2, -0.15) is 0 Å². The summed E-state index contributed by atoms with van der Waals surface area (Å²) in [6.45, 7) is 5.27. The molecule has 1 unspecified atom stereocenters. The molecule has 5 heteroatoms. The number of piperidine rings is 1. The summed E-state index contributed by atoms with van der Waals surface area (Å²) in [5.41, 5.74) is 0.0211. The van der Waals surface area contributed by atoms with Crippen LogP contribution < -0.4 is 10.2 Å². The van der Waals surface area contributed by atoms with Crippen LogP contribution in [0.15, 0.2) is 12.1 Å². The summed E-state index contributed by atoms with van der Waals surface area (Å²) < 4.78 is 40.2. The van der Waals surface area contributed by atoms with Crippen LogP contribution in [-0.4, -0.2) is 25.2 Å². The topological polar surface area (TPSA) is 15.3 Å². The van der Waals surface area contributed by atoms with E-state index in [1.54, 1.807) is 4.90 Å². The Morgan fingerprint density at radius 1 is 1.26 bits per heavy atom. The second kappa shape index (κ2) is 5.82. The fourth-order valence-corrected chi connectivity index (χ4v) is 2.58. The molecular weight excluding hydrogens is 253 g/mol. The van der Waals surface area contributed by atoms with E-state index in [9.17, 15) is 13.2 Å². The Morgan fingerprint density at radius 3 is 2.68 bits per heavy atom. The number of hydrogen-bond acceptors (Lipinski definition) is 2. The van der Waals surface area contributed by atoms with Gasteiger partial charge >= 0.3 is 0 Å². The maximum atomic E-state index is 13.8. The SMILES string of the molecule is CC(C)NC1CCCN(c2cc(F)cc(F)c2F)C1. The molecule has 1 aliphatic heterocycles. The van der Waals surface area contributed by atoms with Crippen LogP contribution in [0.1, 0.15) is 26.7 Å². The van der Waals surface area contributed by atoms with Crippen LogP contribution in [0.2, 0.25) is 0 Å². The van der Waals surface area contributed by atoms with Gasteiger partial charge < -0.3 is 10.2 Å². The third-order valence-electron chi connectivity index (χ3n) is 3.30. The molecule has 0 aliphatic carbocycles. The van der Waals surface area contributed by atoms with Gasteiger partial charge in [-0.15, -0.1) is 0 Å². The van der Waals surface area contributed by atoms with Crippen molar-refractivity contribution in [2.24, 2.45) is 0 Å². The molecule has 0 bridgehead atoms. The second-order valence-electron chi connectivity index (χ2n) is 5.33. The molecule has 106 valence electrons. The molecule has 1 N–H and O–H groups in total. The first kappa shape index (κ1) is 14.2. The third-order valence-corrected chi connectivity index (χ3v) is 3.30. The highest BCUT2D eigenvalue weighted by Gasteiger charge is 2.24. The van der Waals surface area contributed by atoms with E-state index in [0.717, 1.165) is 18.9 Å². The molecule has 19 heavy (non-hydrogen) atoms. The van der Waals surface area contributed by atoms with Gasteiger partial charge in [0.1, 0.15) is 5.82 Å². The quantitative estimate of drug-likeness (QED) is 0.851. The van der Waals surface area contributed by atoms with E-state index in [1.807, 2.05) is 13.8 Å². The van der Waals surface area contributed by atoms with Crippen LogP contribution >= 0.6 is 0 Å². The molecule has 2 rings (SSSR count). The highest BCUT2D eigenvalue weighted by atomic mass is 19.2. The Balaban J connectivity index is 2.17. The van der Waals surface area contributed by atoms with Crippen molar-refractivity contribution in [3.63, 3.8) is 0 Å². The van der Waals surface area contributed by atoms with Gasteiger partial charge in [0.15, 0.2) is 11.6 Å². The molecule has 0 spiro atoms. The highest BCUT2D eigenvalue weighted by Crippen LogP contribution is 2.26. The molecule has 0 aromatic heterocycles. The molecule has 1 heterocycles. The van der Waals surface area contributed by atoms with Gasteiger partial charge in [-0.1, -0.05) is 13.8 Å². The van der Waals surface area contributed by atoms with Gasteiger partial charge in [0.2, 0.25) is 0 Å². The van der Waals surface area contributed by atoms with Gasteiger partial charge in [-0.05, 0) is 12.8 Å². The lowest BCUT2D eigenvalue weighted by Crippen LogP contribution is -2.48. The van der Waals surface area contributed by atoms with Crippen LogP contribution in [0.5, 0.6) is 0 Å². The van der Waals surface area contributed by atoms with Crippen molar-refractivity contribution in [2.45, 2.75) is 38.8 Å². The molecule has 1 fully saturated rings. The fraction of sp³-hybridized carbons (Fsp3) is 0.571. The minimum absolute atomic E-state index is 0.0211. The zero-order valence-corrected chi connectivity index (χ0v) is 11.2. The predicted molar refractivity (Wildman–Crippen MR) is 69.8 cm³/mol. The van der Waals surface area contributed by atoms with E-state index in [0.29, 0.717) is 25.2 Å².